The number of fused-ring (bicyclic) bond motifs is 1. The normalized spacial score (nSPS) is 12.9. The van der Waals surface area contributed by atoms with Crippen LogP contribution in [-0.4, -0.2) is 28.0 Å². The molecular formula is C15H16N2O4. The van der Waals surface area contributed by atoms with Crippen LogP contribution in [-0.2, 0) is 9.59 Å². The van der Waals surface area contributed by atoms with Crippen LogP contribution in [0.5, 0.6) is 0 Å². The molecule has 0 saturated carbocycles. The lowest BCUT2D eigenvalue weighted by molar-refractivity contribution is -0.142. The van der Waals surface area contributed by atoms with Crippen LogP contribution in [0.2, 0.25) is 0 Å². The Labute approximate surface area is 121 Å². The summed E-state index contributed by atoms with van der Waals surface area (Å²) >= 11 is 0. The quantitative estimate of drug-likeness (QED) is 0.822. The molecule has 1 atom stereocenters. The Kier molecular flexibility index (Phi) is 4.37. The second-order valence-electron chi connectivity index (χ2n) is 4.92. The van der Waals surface area contributed by atoms with E-state index < -0.39 is 17.9 Å². The first kappa shape index (κ1) is 14.8. The Balaban J connectivity index is 2.06. The SMILES string of the molecule is CC(C)[C@H](NC(=O)/C=C/c1nc2ccccc2o1)C(=O)O. The van der Waals surface area contributed by atoms with Gasteiger partial charge in [0.15, 0.2) is 5.58 Å². The Bertz CT molecular complexity index is 655. The molecule has 0 aliphatic carbocycles. The van der Waals surface area contributed by atoms with Gasteiger partial charge in [0.25, 0.3) is 0 Å². The number of hydrogen-bond acceptors (Lipinski definition) is 4. The van der Waals surface area contributed by atoms with E-state index in [4.69, 9.17) is 9.52 Å². The van der Waals surface area contributed by atoms with Gasteiger partial charge in [-0.15, -0.1) is 0 Å². The van der Waals surface area contributed by atoms with Crippen molar-refractivity contribution >= 4 is 29.1 Å². The maximum Gasteiger partial charge on any atom is 0.326 e. The van der Waals surface area contributed by atoms with Gasteiger partial charge in [0.2, 0.25) is 11.8 Å². The van der Waals surface area contributed by atoms with Crippen molar-refractivity contribution in [3.63, 3.8) is 0 Å². The fourth-order valence-electron chi connectivity index (χ4n) is 1.82. The van der Waals surface area contributed by atoms with E-state index in [0.717, 1.165) is 0 Å². The van der Waals surface area contributed by atoms with Gasteiger partial charge in [-0.1, -0.05) is 26.0 Å². The number of benzene rings is 1. The van der Waals surface area contributed by atoms with Crippen LogP contribution < -0.4 is 5.32 Å². The van der Waals surface area contributed by atoms with Gasteiger partial charge in [-0.25, -0.2) is 9.78 Å². The van der Waals surface area contributed by atoms with Crippen LogP contribution in [0.4, 0.5) is 0 Å². The molecule has 1 amide bonds. The third-order valence-electron chi connectivity index (χ3n) is 2.92. The lowest BCUT2D eigenvalue weighted by atomic mass is 10.1. The van der Waals surface area contributed by atoms with Crippen molar-refractivity contribution in [3.05, 3.63) is 36.2 Å². The number of carbonyl (C=O) groups is 2. The first-order chi connectivity index (χ1) is 9.97. The van der Waals surface area contributed by atoms with Crippen molar-refractivity contribution in [2.75, 3.05) is 0 Å². The van der Waals surface area contributed by atoms with E-state index >= 15 is 0 Å². The molecule has 1 aromatic heterocycles. The molecule has 2 N–H and O–H groups in total. The maximum atomic E-state index is 11.7. The number of carbonyl (C=O) groups excluding carboxylic acids is 1. The molecule has 2 rings (SSSR count). The smallest absolute Gasteiger partial charge is 0.326 e. The molecule has 0 aliphatic heterocycles. The number of oxazole rings is 1. The number of rotatable bonds is 5. The van der Waals surface area contributed by atoms with Gasteiger partial charge in [-0.2, -0.15) is 0 Å². The van der Waals surface area contributed by atoms with Crippen molar-refractivity contribution < 1.29 is 19.1 Å². The van der Waals surface area contributed by atoms with E-state index in [-0.39, 0.29) is 5.92 Å². The summed E-state index contributed by atoms with van der Waals surface area (Å²) in [6.45, 7) is 3.45. The van der Waals surface area contributed by atoms with Gasteiger partial charge in [0, 0.05) is 12.2 Å². The third-order valence-corrected chi connectivity index (χ3v) is 2.92. The van der Waals surface area contributed by atoms with Crippen LogP contribution in [0.3, 0.4) is 0 Å². The molecule has 21 heavy (non-hydrogen) atoms. The van der Waals surface area contributed by atoms with Crippen LogP contribution >= 0.6 is 0 Å². The van der Waals surface area contributed by atoms with Crippen molar-refractivity contribution in [2.24, 2.45) is 5.92 Å². The molecule has 0 bridgehead atoms. The van der Waals surface area contributed by atoms with Gasteiger partial charge >= 0.3 is 5.97 Å². The second-order valence-corrected chi connectivity index (χ2v) is 4.92. The lowest BCUT2D eigenvalue weighted by Gasteiger charge is -2.16. The minimum absolute atomic E-state index is 0.204. The largest absolute Gasteiger partial charge is 0.480 e. The summed E-state index contributed by atoms with van der Waals surface area (Å²) in [7, 11) is 0. The number of para-hydroxylation sites is 2. The first-order valence-electron chi connectivity index (χ1n) is 6.54. The van der Waals surface area contributed by atoms with Gasteiger partial charge < -0.3 is 14.8 Å². The van der Waals surface area contributed by atoms with E-state index in [1.807, 2.05) is 12.1 Å². The molecule has 6 nitrogen and oxygen atoms in total. The molecule has 1 aromatic carbocycles. The van der Waals surface area contributed by atoms with Gasteiger partial charge in [-0.05, 0) is 18.1 Å². The minimum Gasteiger partial charge on any atom is -0.480 e. The highest BCUT2D eigenvalue weighted by Gasteiger charge is 2.22. The molecule has 0 aliphatic rings. The predicted octanol–water partition coefficient (Wildman–Crippen LogP) is 2.07. The number of carboxylic acids is 1. The summed E-state index contributed by atoms with van der Waals surface area (Å²) in [5.74, 6) is -1.47. The van der Waals surface area contributed by atoms with Gasteiger partial charge in [0.1, 0.15) is 11.6 Å². The minimum atomic E-state index is -1.06. The topological polar surface area (TPSA) is 92.4 Å². The first-order valence-corrected chi connectivity index (χ1v) is 6.54. The van der Waals surface area contributed by atoms with E-state index in [1.54, 1.807) is 26.0 Å². The number of carboxylic acid groups (broad SMARTS) is 1. The average molecular weight is 288 g/mol. The van der Waals surface area contributed by atoms with Crippen LogP contribution in [0.15, 0.2) is 34.8 Å². The van der Waals surface area contributed by atoms with Crippen LogP contribution in [0.25, 0.3) is 17.2 Å². The average Bonchev–Trinajstić information content (AvgIpc) is 2.84. The fourth-order valence-corrected chi connectivity index (χ4v) is 1.82. The van der Waals surface area contributed by atoms with E-state index in [0.29, 0.717) is 17.0 Å². The monoisotopic (exact) mass is 288 g/mol. The molecule has 1 heterocycles. The molecule has 0 fully saturated rings. The highest BCUT2D eigenvalue weighted by Crippen LogP contribution is 2.15. The third kappa shape index (κ3) is 3.68. The summed E-state index contributed by atoms with van der Waals surface area (Å²) in [6, 6.07) is 6.32. The zero-order valence-corrected chi connectivity index (χ0v) is 11.7. The number of nitrogens with one attached hydrogen (secondary N) is 1. The molecule has 110 valence electrons. The molecule has 6 heteroatoms. The molecule has 0 spiro atoms. The molecule has 2 aromatic rings. The van der Waals surface area contributed by atoms with E-state index in [2.05, 4.69) is 10.3 Å². The number of hydrogen-bond donors (Lipinski definition) is 2. The van der Waals surface area contributed by atoms with E-state index in [1.165, 1.54) is 12.2 Å². The summed E-state index contributed by atoms with van der Waals surface area (Å²) < 4.78 is 5.42. The molecule has 0 unspecified atom stereocenters. The lowest BCUT2D eigenvalue weighted by Crippen LogP contribution is -2.43. The van der Waals surface area contributed by atoms with Crippen LogP contribution in [0.1, 0.15) is 19.7 Å². The Morgan fingerprint density at radius 3 is 2.67 bits per heavy atom. The number of nitrogens with zero attached hydrogens (tertiary/aromatic N) is 1. The summed E-state index contributed by atoms with van der Waals surface area (Å²) in [5, 5.41) is 11.4. The summed E-state index contributed by atoms with van der Waals surface area (Å²) in [4.78, 5) is 26.9. The summed E-state index contributed by atoms with van der Waals surface area (Å²) in [5.41, 5.74) is 1.33. The van der Waals surface area contributed by atoms with Crippen molar-refractivity contribution in [1.82, 2.24) is 10.3 Å². The highest BCUT2D eigenvalue weighted by atomic mass is 16.4. The number of aromatic nitrogens is 1. The van der Waals surface area contributed by atoms with Gasteiger partial charge in [0.05, 0.1) is 0 Å². The van der Waals surface area contributed by atoms with Gasteiger partial charge in [-0.3, -0.25) is 4.79 Å². The molecule has 0 radical (unpaired) electrons. The predicted molar refractivity (Wildman–Crippen MR) is 77.4 cm³/mol. The maximum absolute atomic E-state index is 11.7. The Morgan fingerprint density at radius 1 is 1.33 bits per heavy atom. The highest BCUT2D eigenvalue weighted by molar-refractivity contribution is 5.94. The zero-order valence-electron chi connectivity index (χ0n) is 11.7. The standard InChI is InChI=1S/C15H16N2O4/c1-9(2)14(15(19)20)17-12(18)7-8-13-16-10-5-3-4-6-11(10)21-13/h3-9,14H,1-2H3,(H,17,18)(H,19,20)/b8-7+/t14-/m0/s1. The van der Waals surface area contributed by atoms with Crippen LogP contribution in [0, 0.1) is 5.92 Å². The van der Waals surface area contributed by atoms with Crippen molar-refractivity contribution in [2.45, 2.75) is 19.9 Å². The molecular weight excluding hydrogens is 272 g/mol. The number of aliphatic carboxylic acids is 1. The van der Waals surface area contributed by atoms with Crippen molar-refractivity contribution in [3.8, 4) is 0 Å². The second kappa shape index (κ2) is 6.21. The van der Waals surface area contributed by atoms with Crippen molar-refractivity contribution in [1.29, 1.82) is 0 Å². The number of amides is 1. The zero-order chi connectivity index (χ0) is 15.4. The Morgan fingerprint density at radius 2 is 2.05 bits per heavy atom. The Hall–Kier alpha value is -2.63. The van der Waals surface area contributed by atoms with E-state index in [9.17, 15) is 9.59 Å². The fraction of sp³-hybridized carbons (Fsp3) is 0.267. The molecule has 0 saturated heterocycles. The summed E-state index contributed by atoms with van der Waals surface area (Å²) in [6.07, 6.45) is 2.62.